The van der Waals surface area contributed by atoms with Gasteiger partial charge in [0.05, 0.1) is 30.4 Å². The van der Waals surface area contributed by atoms with E-state index in [4.69, 9.17) is 4.74 Å². The van der Waals surface area contributed by atoms with Crippen LogP contribution >= 0.6 is 0 Å². The molecule has 2 fully saturated rings. The fourth-order valence-electron chi connectivity index (χ4n) is 7.72. The zero-order chi connectivity index (χ0) is 30.9. The zero-order valence-electron chi connectivity index (χ0n) is 25.1. The Morgan fingerprint density at radius 3 is 2.77 bits per heavy atom. The highest BCUT2D eigenvalue weighted by Gasteiger charge is 2.52. The van der Waals surface area contributed by atoms with Gasteiger partial charge in [-0.3, -0.25) is 23.9 Å². The highest BCUT2D eigenvalue weighted by molar-refractivity contribution is 6.52. The van der Waals surface area contributed by atoms with Crippen LogP contribution in [0.2, 0.25) is 0 Å². The van der Waals surface area contributed by atoms with Crippen molar-refractivity contribution >= 4 is 29.6 Å². The Morgan fingerprint density at radius 2 is 2.00 bits per heavy atom. The van der Waals surface area contributed by atoms with Gasteiger partial charge in [0.2, 0.25) is 0 Å². The summed E-state index contributed by atoms with van der Waals surface area (Å²) in [5.41, 5.74) is 2.84. The minimum absolute atomic E-state index is 0.0416. The van der Waals surface area contributed by atoms with Crippen molar-refractivity contribution in [3.05, 3.63) is 65.3 Å². The molecule has 3 aliphatic rings. The first-order valence-corrected chi connectivity index (χ1v) is 14.9. The van der Waals surface area contributed by atoms with Gasteiger partial charge in [-0.1, -0.05) is 50.6 Å². The number of anilines is 1. The number of ether oxygens (including phenoxy) is 1. The first-order valence-electron chi connectivity index (χ1n) is 14.9. The lowest BCUT2D eigenvalue weighted by Gasteiger charge is -2.58. The van der Waals surface area contributed by atoms with Gasteiger partial charge in [-0.15, -0.1) is 5.10 Å². The van der Waals surface area contributed by atoms with E-state index in [0.29, 0.717) is 29.3 Å². The van der Waals surface area contributed by atoms with E-state index in [-0.39, 0.29) is 48.4 Å². The number of nitrogens with zero attached hydrogens (tertiary/aromatic N) is 4. The van der Waals surface area contributed by atoms with Crippen LogP contribution in [-0.2, 0) is 32.3 Å². The second-order valence-electron chi connectivity index (χ2n) is 13.0. The van der Waals surface area contributed by atoms with Crippen molar-refractivity contribution in [2.24, 2.45) is 22.7 Å². The zero-order valence-corrected chi connectivity index (χ0v) is 25.1. The number of allylic oxidation sites excluding steroid dienone is 2. The van der Waals surface area contributed by atoms with Crippen molar-refractivity contribution in [2.75, 3.05) is 11.4 Å². The van der Waals surface area contributed by atoms with E-state index in [2.05, 4.69) is 37.7 Å². The number of halogens is 1. The van der Waals surface area contributed by atoms with Crippen molar-refractivity contribution < 1.29 is 28.3 Å². The number of fused-ring (bicyclic) bond motifs is 2. The number of ketones is 1. The normalized spacial score (nSPS) is 25.0. The summed E-state index contributed by atoms with van der Waals surface area (Å²) in [7, 11) is 0. The van der Waals surface area contributed by atoms with E-state index >= 15 is 0 Å². The molecule has 43 heavy (non-hydrogen) atoms. The van der Waals surface area contributed by atoms with Crippen LogP contribution in [0.15, 0.2) is 48.2 Å². The van der Waals surface area contributed by atoms with Crippen LogP contribution in [0.25, 0.3) is 0 Å². The van der Waals surface area contributed by atoms with Crippen LogP contribution in [0.5, 0.6) is 0 Å². The Kier molecular flexibility index (Phi) is 8.49. The van der Waals surface area contributed by atoms with Crippen molar-refractivity contribution in [3.8, 4) is 0 Å². The summed E-state index contributed by atoms with van der Waals surface area (Å²) in [6, 6.07) is 3.66. The molecule has 0 saturated heterocycles. The van der Waals surface area contributed by atoms with Gasteiger partial charge >= 0.3 is 5.97 Å². The first-order chi connectivity index (χ1) is 20.4. The average molecular weight is 591 g/mol. The summed E-state index contributed by atoms with van der Waals surface area (Å²) < 4.78 is 20.4. The number of carbonyl (C=O) groups is 4. The van der Waals surface area contributed by atoms with Crippen LogP contribution in [0.1, 0.15) is 81.8 Å². The van der Waals surface area contributed by atoms with E-state index in [9.17, 15) is 23.6 Å². The molecule has 0 bridgehead atoms. The monoisotopic (exact) mass is 590 g/mol. The predicted molar refractivity (Wildman–Crippen MR) is 157 cm³/mol. The van der Waals surface area contributed by atoms with E-state index in [1.807, 2.05) is 6.08 Å². The first kappa shape index (κ1) is 30.5. The van der Waals surface area contributed by atoms with Crippen LogP contribution in [0, 0.1) is 28.5 Å². The lowest BCUT2D eigenvalue weighted by atomic mass is 9.47. The predicted octanol–water partition coefficient (Wildman–Crippen LogP) is 5.39. The largest absolute Gasteiger partial charge is 0.459 e. The quantitative estimate of drug-likeness (QED) is 0.120. The van der Waals surface area contributed by atoms with Crippen molar-refractivity contribution in [1.82, 2.24) is 15.0 Å². The number of amides is 1. The summed E-state index contributed by atoms with van der Waals surface area (Å²) in [4.78, 5) is 50.3. The third-order valence-electron chi connectivity index (χ3n) is 9.89. The van der Waals surface area contributed by atoms with Gasteiger partial charge in [0.25, 0.3) is 11.7 Å². The number of Topliss-reactive ketones (excluding diaryl/α,β-unsaturated/α-hetero) is 1. The number of hydrogen-bond acceptors (Lipinski definition) is 7. The maximum Gasteiger partial charge on any atom is 0.310 e. The van der Waals surface area contributed by atoms with Gasteiger partial charge in [-0.25, -0.2) is 4.39 Å². The highest BCUT2D eigenvalue weighted by atomic mass is 19.1. The topological polar surface area (TPSA) is 111 Å². The second-order valence-corrected chi connectivity index (χ2v) is 13.0. The van der Waals surface area contributed by atoms with Crippen molar-refractivity contribution in [3.63, 3.8) is 0 Å². The Morgan fingerprint density at radius 1 is 1.21 bits per heavy atom. The molecular formula is C33H39FN4O5. The molecular weight excluding hydrogens is 551 g/mol. The van der Waals surface area contributed by atoms with E-state index in [1.165, 1.54) is 40.1 Å². The lowest BCUT2D eigenvalue weighted by molar-refractivity contribution is -0.144. The summed E-state index contributed by atoms with van der Waals surface area (Å²) in [5.74, 6) is -1.71. The van der Waals surface area contributed by atoms with Crippen LogP contribution in [0.3, 0.4) is 0 Å². The smallest absolute Gasteiger partial charge is 0.310 e. The van der Waals surface area contributed by atoms with E-state index in [0.717, 1.165) is 31.6 Å². The molecule has 3 atom stereocenters. The Hall–Kier alpha value is -3.95. The molecule has 1 aromatic heterocycles. The summed E-state index contributed by atoms with van der Waals surface area (Å²) >= 11 is 0. The van der Waals surface area contributed by atoms with E-state index in [1.54, 1.807) is 6.20 Å². The minimum Gasteiger partial charge on any atom is -0.459 e. The van der Waals surface area contributed by atoms with Gasteiger partial charge in [0, 0.05) is 6.54 Å². The molecule has 5 rings (SSSR count). The number of rotatable bonds is 10. The molecule has 0 N–H and O–H groups in total. The fourth-order valence-corrected chi connectivity index (χ4v) is 7.72. The van der Waals surface area contributed by atoms with Crippen molar-refractivity contribution in [1.29, 1.82) is 0 Å². The number of aldehydes is 1. The molecule has 228 valence electrons. The van der Waals surface area contributed by atoms with Gasteiger partial charge in [-0.2, -0.15) is 0 Å². The Balaban J connectivity index is 1.13. The molecule has 0 radical (unpaired) electrons. The van der Waals surface area contributed by atoms with Gasteiger partial charge < -0.3 is 9.64 Å². The second kappa shape index (κ2) is 12.0. The van der Waals surface area contributed by atoms with Crippen LogP contribution in [0.4, 0.5) is 10.1 Å². The Labute approximate surface area is 251 Å². The summed E-state index contributed by atoms with van der Waals surface area (Å²) in [6.07, 6.45) is 10.5. The molecule has 0 unspecified atom stereocenters. The molecule has 0 spiro atoms. The van der Waals surface area contributed by atoms with Gasteiger partial charge in [0.15, 0.2) is 0 Å². The van der Waals surface area contributed by atoms with Crippen LogP contribution in [-0.4, -0.2) is 45.5 Å². The summed E-state index contributed by atoms with van der Waals surface area (Å²) in [5, 5.41) is 8.01. The SMILES string of the molecule is C=C1CC[C@H]2C(C)(C)CCC[C@]2(C)[C@H]1C/C=C(/C=O)CC(=O)OCc1cn(CCN2C(=O)C(=O)c3cc(F)ccc32)nn1. The summed E-state index contributed by atoms with van der Waals surface area (Å²) in [6.45, 7) is 11.8. The molecule has 2 aliphatic carbocycles. The van der Waals surface area contributed by atoms with Crippen LogP contribution < -0.4 is 4.90 Å². The number of hydrogen-bond donors (Lipinski definition) is 0. The van der Waals surface area contributed by atoms with Crippen molar-refractivity contribution in [2.45, 2.75) is 78.9 Å². The molecule has 2 aromatic rings. The third kappa shape index (κ3) is 6.10. The third-order valence-corrected chi connectivity index (χ3v) is 9.89. The molecule has 1 aliphatic heterocycles. The van der Waals surface area contributed by atoms with Gasteiger partial charge in [0.1, 0.15) is 24.4 Å². The maximum atomic E-state index is 13.5. The number of benzene rings is 1. The minimum atomic E-state index is -0.746. The van der Waals surface area contributed by atoms with Gasteiger partial charge in [-0.05, 0) is 78.5 Å². The highest BCUT2D eigenvalue weighted by Crippen LogP contribution is 2.61. The fraction of sp³-hybridized carbons (Fsp3) is 0.515. The maximum absolute atomic E-state index is 13.5. The number of esters is 1. The van der Waals surface area contributed by atoms with E-state index < -0.39 is 23.5 Å². The molecule has 1 amide bonds. The molecule has 9 nitrogen and oxygen atoms in total. The standard InChI is InChI=1S/C33H39FN4O5/c1-21-6-11-28-32(2,3)12-5-13-33(28,4)26(21)9-7-22(19-39)16-29(40)43-20-24-18-37(36-35-24)14-15-38-27-10-8-23(34)17-25(27)30(41)31(38)42/h7-8,10,17-19,26,28H,1,5-6,9,11-16,20H2,2-4H3/b22-7+/t26-,28-,33+/m0/s1. The Bertz CT molecular complexity index is 1490. The number of carbonyl (C=O) groups excluding carboxylic acids is 4. The molecule has 1 aromatic carbocycles. The lowest BCUT2D eigenvalue weighted by Crippen LogP contribution is -2.49. The average Bonchev–Trinajstić information content (AvgIpc) is 3.51. The molecule has 2 heterocycles. The number of aromatic nitrogens is 3. The molecule has 10 heteroatoms. The molecule has 2 saturated carbocycles.